The molecule has 5 nitrogen and oxygen atoms in total. The van der Waals surface area contributed by atoms with E-state index in [1.54, 1.807) is 24.3 Å². The first-order valence-electron chi connectivity index (χ1n) is 5.45. The highest BCUT2D eigenvalue weighted by Gasteiger charge is 2.41. The summed E-state index contributed by atoms with van der Waals surface area (Å²) in [7, 11) is 0. The van der Waals surface area contributed by atoms with Crippen LogP contribution in [0.5, 0.6) is 5.75 Å². The van der Waals surface area contributed by atoms with Gasteiger partial charge in [-0.2, -0.15) is 0 Å². The van der Waals surface area contributed by atoms with Crippen molar-refractivity contribution in [1.82, 2.24) is 5.32 Å². The highest BCUT2D eigenvalue weighted by atomic mass is 16.5. The molecule has 0 aromatic heterocycles. The van der Waals surface area contributed by atoms with Crippen LogP contribution in [0.15, 0.2) is 24.3 Å². The van der Waals surface area contributed by atoms with E-state index in [1.165, 1.54) is 0 Å². The molecule has 1 aliphatic heterocycles. The van der Waals surface area contributed by atoms with Crippen molar-refractivity contribution < 1.29 is 19.7 Å². The van der Waals surface area contributed by atoms with Crippen molar-refractivity contribution in [3.8, 4) is 5.75 Å². The van der Waals surface area contributed by atoms with E-state index in [-0.39, 0.29) is 13.0 Å². The number of benzene rings is 1. The number of carboxylic acids is 1. The summed E-state index contributed by atoms with van der Waals surface area (Å²) in [4.78, 5) is 10.8. The smallest absolute Gasteiger partial charge is 0.307 e. The SMILES string of the molecule is O=C(O)CC1(Oc2ccccc2CO)CNC1. The van der Waals surface area contributed by atoms with E-state index in [4.69, 9.17) is 9.84 Å². The van der Waals surface area contributed by atoms with Gasteiger partial charge in [-0.1, -0.05) is 18.2 Å². The molecule has 5 heteroatoms. The van der Waals surface area contributed by atoms with Crippen molar-refractivity contribution in [3.05, 3.63) is 29.8 Å². The van der Waals surface area contributed by atoms with Crippen LogP contribution in [0, 0.1) is 0 Å². The van der Waals surface area contributed by atoms with E-state index in [1.807, 2.05) is 0 Å². The molecule has 2 rings (SSSR count). The number of aliphatic hydroxyl groups excluding tert-OH is 1. The Morgan fingerprint density at radius 1 is 1.41 bits per heavy atom. The van der Waals surface area contributed by atoms with Gasteiger partial charge in [-0.25, -0.2) is 0 Å². The van der Waals surface area contributed by atoms with E-state index >= 15 is 0 Å². The normalized spacial score (nSPS) is 17.2. The standard InChI is InChI=1S/C12H15NO4/c14-6-9-3-1-2-4-10(9)17-12(5-11(15)16)7-13-8-12/h1-4,13-14H,5-8H2,(H,15,16). The largest absolute Gasteiger partial charge is 0.484 e. The highest BCUT2D eigenvalue weighted by Crippen LogP contribution is 2.28. The Labute approximate surface area is 99.0 Å². The Morgan fingerprint density at radius 2 is 2.12 bits per heavy atom. The Bertz CT molecular complexity index is 415. The number of rotatable bonds is 5. The number of nitrogens with one attached hydrogen (secondary N) is 1. The third kappa shape index (κ3) is 2.57. The number of aliphatic carboxylic acids is 1. The molecule has 0 amide bonds. The lowest BCUT2D eigenvalue weighted by molar-refractivity contribution is -0.143. The van der Waals surface area contributed by atoms with E-state index in [0.717, 1.165) is 0 Å². The molecule has 0 saturated carbocycles. The Hall–Kier alpha value is -1.59. The van der Waals surface area contributed by atoms with Gasteiger partial charge in [0.25, 0.3) is 0 Å². The van der Waals surface area contributed by atoms with Gasteiger partial charge in [0.2, 0.25) is 0 Å². The molecule has 92 valence electrons. The van der Waals surface area contributed by atoms with Gasteiger partial charge in [-0.3, -0.25) is 4.79 Å². The van der Waals surface area contributed by atoms with Crippen LogP contribution < -0.4 is 10.1 Å². The van der Waals surface area contributed by atoms with E-state index in [2.05, 4.69) is 5.32 Å². The predicted octanol–water partition coefficient (Wildman–Crippen LogP) is 0.374. The maximum atomic E-state index is 10.8. The average Bonchev–Trinajstić information content (AvgIpc) is 2.26. The van der Waals surface area contributed by atoms with Crippen LogP contribution in [0.4, 0.5) is 0 Å². The zero-order valence-electron chi connectivity index (χ0n) is 9.35. The number of carboxylic acid groups (broad SMARTS) is 1. The lowest BCUT2D eigenvalue weighted by Crippen LogP contribution is -2.64. The molecular weight excluding hydrogens is 222 g/mol. The number of hydrogen-bond acceptors (Lipinski definition) is 4. The number of hydrogen-bond donors (Lipinski definition) is 3. The van der Waals surface area contributed by atoms with Crippen LogP contribution in [-0.2, 0) is 11.4 Å². The number of aliphatic hydroxyl groups is 1. The monoisotopic (exact) mass is 237 g/mol. The van der Waals surface area contributed by atoms with Gasteiger partial charge in [0, 0.05) is 18.7 Å². The lowest BCUT2D eigenvalue weighted by atomic mass is 9.92. The Kier molecular flexibility index (Phi) is 3.31. The summed E-state index contributed by atoms with van der Waals surface area (Å²) < 4.78 is 5.77. The van der Waals surface area contributed by atoms with Gasteiger partial charge >= 0.3 is 5.97 Å². The summed E-state index contributed by atoms with van der Waals surface area (Å²) in [5.41, 5.74) is -0.0129. The van der Waals surface area contributed by atoms with Gasteiger partial charge in [0.05, 0.1) is 13.0 Å². The molecule has 1 saturated heterocycles. The molecule has 1 fully saturated rings. The second-order valence-electron chi connectivity index (χ2n) is 4.22. The van der Waals surface area contributed by atoms with E-state index in [0.29, 0.717) is 24.4 Å². The minimum Gasteiger partial charge on any atom is -0.484 e. The first kappa shape index (κ1) is 11.9. The van der Waals surface area contributed by atoms with Crippen LogP contribution in [0.2, 0.25) is 0 Å². The summed E-state index contributed by atoms with van der Waals surface area (Å²) >= 11 is 0. The number of ether oxygens (including phenoxy) is 1. The molecule has 3 N–H and O–H groups in total. The van der Waals surface area contributed by atoms with Crippen molar-refractivity contribution in [1.29, 1.82) is 0 Å². The zero-order chi connectivity index (χ0) is 12.3. The maximum Gasteiger partial charge on any atom is 0.307 e. The molecule has 1 aromatic carbocycles. The number of carbonyl (C=O) groups is 1. The fourth-order valence-corrected chi connectivity index (χ4v) is 1.88. The zero-order valence-corrected chi connectivity index (χ0v) is 9.35. The van der Waals surface area contributed by atoms with Crippen molar-refractivity contribution in [2.45, 2.75) is 18.6 Å². The Balaban J connectivity index is 2.15. The van der Waals surface area contributed by atoms with Crippen molar-refractivity contribution >= 4 is 5.97 Å². The molecule has 0 bridgehead atoms. The van der Waals surface area contributed by atoms with Crippen LogP contribution in [0.1, 0.15) is 12.0 Å². The third-order valence-electron chi connectivity index (χ3n) is 2.84. The first-order valence-corrected chi connectivity index (χ1v) is 5.45. The van der Waals surface area contributed by atoms with Gasteiger partial charge in [-0.05, 0) is 6.07 Å². The molecule has 1 aliphatic rings. The summed E-state index contributed by atoms with van der Waals surface area (Å²) in [5.74, 6) is -0.328. The third-order valence-corrected chi connectivity index (χ3v) is 2.84. The Morgan fingerprint density at radius 3 is 2.65 bits per heavy atom. The minimum absolute atomic E-state index is 0.0419. The molecule has 0 atom stereocenters. The van der Waals surface area contributed by atoms with Crippen LogP contribution in [0.25, 0.3) is 0 Å². The van der Waals surface area contributed by atoms with Gasteiger partial charge in [0.1, 0.15) is 11.4 Å². The van der Waals surface area contributed by atoms with Crippen LogP contribution >= 0.6 is 0 Å². The van der Waals surface area contributed by atoms with Gasteiger partial charge in [-0.15, -0.1) is 0 Å². The topological polar surface area (TPSA) is 78.8 Å². The van der Waals surface area contributed by atoms with Crippen LogP contribution in [-0.4, -0.2) is 34.9 Å². The van der Waals surface area contributed by atoms with E-state index in [9.17, 15) is 9.90 Å². The summed E-state index contributed by atoms with van der Waals surface area (Å²) in [6, 6.07) is 7.11. The molecule has 0 aliphatic carbocycles. The lowest BCUT2D eigenvalue weighted by Gasteiger charge is -2.41. The fourth-order valence-electron chi connectivity index (χ4n) is 1.88. The van der Waals surface area contributed by atoms with Crippen molar-refractivity contribution in [2.75, 3.05) is 13.1 Å². The summed E-state index contributed by atoms with van der Waals surface area (Å²) in [6.45, 7) is 0.908. The summed E-state index contributed by atoms with van der Waals surface area (Å²) in [5, 5.41) is 21.1. The maximum absolute atomic E-state index is 10.8. The first-order chi connectivity index (χ1) is 8.15. The number of para-hydroxylation sites is 1. The van der Waals surface area contributed by atoms with E-state index < -0.39 is 11.6 Å². The minimum atomic E-state index is -0.882. The second kappa shape index (κ2) is 4.73. The van der Waals surface area contributed by atoms with Gasteiger partial charge in [0.15, 0.2) is 0 Å². The molecule has 1 heterocycles. The van der Waals surface area contributed by atoms with Crippen LogP contribution in [0.3, 0.4) is 0 Å². The quantitative estimate of drug-likeness (QED) is 0.689. The molecule has 0 radical (unpaired) electrons. The van der Waals surface area contributed by atoms with Gasteiger partial charge < -0.3 is 20.3 Å². The molecule has 1 aromatic rings. The summed E-state index contributed by atoms with van der Waals surface area (Å²) in [6.07, 6.45) is -0.0419. The highest BCUT2D eigenvalue weighted by molar-refractivity contribution is 5.68. The molecule has 0 unspecified atom stereocenters. The molecule has 17 heavy (non-hydrogen) atoms. The molecular formula is C12H15NO4. The van der Waals surface area contributed by atoms with Crippen molar-refractivity contribution in [2.24, 2.45) is 0 Å². The fraction of sp³-hybridized carbons (Fsp3) is 0.417. The second-order valence-corrected chi connectivity index (χ2v) is 4.22. The predicted molar refractivity (Wildman–Crippen MR) is 60.8 cm³/mol. The molecule has 0 spiro atoms. The van der Waals surface area contributed by atoms with Crippen molar-refractivity contribution in [3.63, 3.8) is 0 Å². The average molecular weight is 237 g/mol.